The molecule has 0 unspecified atom stereocenters. The third-order valence-corrected chi connectivity index (χ3v) is 7.52. The summed E-state index contributed by atoms with van der Waals surface area (Å²) in [6, 6.07) is 16.5. The van der Waals surface area contributed by atoms with Gasteiger partial charge in [0.05, 0.1) is 24.8 Å². The van der Waals surface area contributed by atoms with Crippen molar-refractivity contribution in [2.75, 3.05) is 18.0 Å². The summed E-state index contributed by atoms with van der Waals surface area (Å²) >= 11 is 0. The molecule has 2 aliphatic heterocycles. The highest BCUT2D eigenvalue weighted by Gasteiger charge is 2.30. The van der Waals surface area contributed by atoms with Crippen molar-refractivity contribution in [1.82, 2.24) is 25.1 Å². The van der Waals surface area contributed by atoms with Crippen LogP contribution in [0.1, 0.15) is 60.8 Å². The number of rotatable bonds is 6. The number of hydrogen-bond donors (Lipinski definition) is 1. The number of hydrogen-bond acceptors (Lipinski definition) is 5. The van der Waals surface area contributed by atoms with E-state index in [2.05, 4.69) is 71.8 Å². The minimum absolute atomic E-state index is 0.0568. The summed E-state index contributed by atoms with van der Waals surface area (Å²) in [6.45, 7) is 6.96. The molecule has 2 aromatic carbocycles. The van der Waals surface area contributed by atoms with Crippen LogP contribution in [0.3, 0.4) is 0 Å². The van der Waals surface area contributed by atoms with Crippen LogP contribution in [0, 0.1) is 0 Å². The first-order valence-corrected chi connectivity index (χ1v) is 13.2. The predicted molar refractivity (Wildman–Crippen MR) is 145 cm³/mol. The fourth-order valence-corrected chi connectivity index (χ4v) is 5.41. The lowest BCUT2D eigenvalue weighted by molar-refractivity contribution is -0.117. The average molecular weight is 493 g/mol. The summed E-state index contributed by atoms with van der Waals surface area (Å²) in [4.78, 5) is 24.2. The molecule has 2 aromatic heterocycles. The average Bonchev–Trinajstić information content (AvgIpc) is 3.54. The molecule has 0 bridgehead atoms. The number of aromatic nitrogens is 4. The minimum atomic E-state index is 0.0568. The van der Waals surface area contributed by atoms with E-state index in [0.717, 1.165) is 54.1 Å². The zero-order valence-electron chi connectivity index (χ0n) is 21.4. The molecule has 1 fully saturated rings. The lowest BCUT2D eigenvalue weighted by atomic mass is 9.93. The number of fused-ring (bicyclic) bond motifs is 1. The van der Waals surface area contributed by atoms with Crippen molar-refractivity contribution < 1.29 is 4.79 Å². The van der Waals surface area contributed by atoms with Crippen molar-refractivity contribution in [3.05, 3.63) is 89.4 Å². The lowest BCUT2D eigenvalue weighted by Crippen LogP contribution is -2.26. The third kappa shape index (κ3) is 4.67. The first kappa shape index (κ1) is 23.6. The van der Waals surface area contributed by atoms with E-state index in [-0.39, 0.29) is 5.91 Å². The molecule has 188 valence electrons. The van der Waals surface area contributed by atoms with Gasteiger partial charge in [0.15, 0.2) is 5.82 Å². The van der Waals surface area contributed by atoms with Gasteiger partial charge >= 0.3 is 0 Å². The molecule has 0 aliphatic carbocycles. The molecule has 1 N–H and O–H groups in total. The predicted octanol–water partition coefficient (Wildman–Crippen LogP) is 5.01. The summed E-state index contributed by atoms with van der Waals surface area (Å²) in [5.74, 6) is 2.38. The standard InChI is InChI=1S/C30H32N6O/c1-20(2)26-5-3-4-6-27(26)29-32-16-23-15-28(37)35(30(23)34-29)18-21-7-9-25(10-8-21)36-19-24(17-33-36)22-11-13-31-14-12-22/h3-10,16-17,19-20,22,31H,11-15,18H2,1-2H3. The van der Waals surface area contributed by atoms with Gasteiger partial charge in [0.2, 0.25) is 5.91 Å². The Bertz CT molecular complexity index is 1420. The van der Waals surface area contributed by atoms with Gasteiger partial charge in [0, 0.05) is 23.5 Å². The number of carbonyl (C=O) groups is 1. The van der Waals surface area contributed by atoms with E-state index in [1.165, 1.54) is 11.1 Å². The Morgan fingerprint density at radius 3 is 2.59 bits per heavy atom. The normalized spacial score (nSPS) is 16.0. The van der Waals surface area contributed by atoms with Crippen LogP contribution in [0.15, 0.2) is 67.1 Å². The van der Waals surface area contributed by atoms with Crippen molar-refractivity contribution in [1.29, 1.82) is 0 Å². The molecule has 0 atom stereocenters. The van der Waals surface area contributed by atoms with Crippen LogP contribution in [0.4, 0.5) is 5.82 Å². The van der Waals surface area contributed by atoms with Crippen molar-refractivity contribution >= 4 is 11.7 Å². The molecular weight excluding hydrogens is 460 g/mol. The lowest BCUT2D eigenvalue weighted by Gasteiger charge is -2.21. The highest BCUT2D eigenvalue weighted by Crippen LogP contribution is 2.33. The Kier molecular flexibility index (Phi) is 6.30. The first-order valence-electron chi connectivity index (χ1n) is 13.2. The van der Waals surface area contributed by atoms with Gasteiger partial charge in [-0.1, -0.05) is 50.2 Å². The van der Waals surface area contributed by atoms with Gasteiger partial charge in [-0.3, -0.25) is 9.69 Å². The third-order valence-electron chi connectivity index (χ3n) is 7.52. The second-order valence-electron chi connectivity index (χ2n) is 10.4. The number of benzene rings is 2. The fourth-order valence-electron chi connectivity index (χ4n) is 5.41. The quantitative estimate of drug-likeness (QED) is 0.410. The van der Waals surface area contributed by atoms with Gasteiger partial charge in [-0.15, -0.1) is 0 Å². The van der Waals surface area contributed by atoms with Gasteiger partial charge < -0.3 is 5.32 Å². The Morgan fingerprint density at radius 2 is 1.81 bits per heavy atom. The Hall–Kier alpha value is -3.84. The van der Waals surface area contributed by atoms with Crippen LogP contribution in [-0.4, -0.2) is 38.7 Å². The van der Waals surface area contributed by atoms with Gasteiger partial charge in [-0.25, -0.2) is 14.6 Å². The number of carbonyl (C=O) groups excluding carboxylic acids is 1. The van der Waals surface area contributed by atoms with E-state index in [4.69, 9.17) is 4.98 Å². The van der Waals surface area contributed by atoms with Gasteiger partial charge in [0.1, 0.15) is 5.82 Å². The van der Waals surface area contributed by atoms with Crippen molar-refractivity contribution in [3.63, 3.8) is 0 Å². The molecule has 4 aromatic rings. The fraction of sp³-hybridized carbons (Fsp3) is 0.333. The van der Waals surface area contributed by atoms with Crippen LogP contribution in [0.25, 0.3) is 17.1 Å². The monoisotopic (exact) mass is 492 g/mol. The Labute approximate surface area is 217 Å². The van der Waals surface area contributed by atoms with Crippen molar-refractivity contribution in [2.24, 2.45) is 0 Å². The summed E-state index contributed by atoms with van der Waals surface area (Å²) in [5, 5.41) is 8.03. The molecule has 2 aliphatic rings. The van der Waals surface area contributed by atoms with Crippen LogP contribution >= 0.6 is 0 Å². The van der Waals surface area contributed by atoms with E-state index >= 15 is 0 Å². The number of piperidine rings is 1. The van der Waals surface area contributed by atoms with Crippen molar-refractivity contribution in [3.8, 4) is 17.1 Å². The van der Waals surface area contributed by atoms with E-state index in [9.17, 15) is 4.79 Å². The SMILES string of the molecule is CC(C)c1ccccc1-c1ncc2c(n1)N(Cc1ccc(-n3cc(C4CCNCC4)cn3)cc1)C(=O)C2. The summed E-state index contributed by atoms with van der Waals surface area (Å²) in [5.41, 5.74) is 6.49. The molecular formula is C30H32N6O. The molecule has 6 rings (SSSR count). The number of nitrogens with zero attached hydrogens (tertiary/aromatic N) is 5. The molecule has 7 nitrogen and oxygen atoms in total. The molecule has 0 saturated carbocycles. The largest absolute Gasteiger partial charge is 0.317 e. The molecule has 1 saturated heterocycles. The Balaban J connectivity index is 1.22. The number of anilines is 1. The van der Waals surface area contributed by atoms with Gasteiger partial charge in [-0.05, 0) is 66.6 Å². The molecule has 7 heteroatoms. The maximum atomic E-state index is 12.9. The topological polar surface area (TPSA) is 75.9 Å². The van der Waals surface area contributed by atoms with Crippen LogP contribution in [0.5, 0.6) is 0 Å². The smallest absolute Gasteiger partial charge is 0.233 e. The van der Waals surface area contributed by atoms with E-state index in [1.807, 2.05) is 29.2 Å². The Morgan fingerprint density at radius 1 is 1.03 bits per heavy atom. The number of amides is 1. The first-order chi connectivity index (χ1) is 18.1. The van der Waals surface area contributed by atoms with Crippen LogP contribution < -0.4 is 10.2 Å². The second-order valence-corrected chi connectivity index (χ2v) is 10.4. The molecule has 4 heterocycles. The highest BCUT2D eigenvalue weighted by atomic mass is 16.2. The van der Waals surface area contributed by atoms with Gasteiger partial charge in [-0.2, -0.15) is 5.10 Å². The summed E-state index contributed by atoms with van der Waals surface area (Å²) < 4.78 is 1.95. The van der Waals surface area contributed by atoms with E-state index < -0.39 is 0 Å². The van der Waals surface area contributed by atoms with Crippen molar-refractivity contribution in [2.45, 2.75) is 51.5 Å². The molecule has 0 spiro atoms. The zero-order valence-corrected chi connectivity index (χ0v) is 21.4. The zero-order chi connectivity index (χ0) is 25.4. The maximum Gasteiger partial charge on any atom is 0.233 e. The summed E-state index contributed by atoms with van der Waals surface area (Å²) in [7, 11) is 0. The van der Waals surface area contributed by atoms with Gasteiger partial charge in [0.25, 0.3) is 0 Å². The molecule has 37 heavy (non-hydrogen) atoms. The van der Waals surface area contributed by atoms with Crippen LogP contribution in [0.2, 0.25) is 0 Å². The number of nitrogens with one attached hydrogen (secondary N) is 1. The minimum Gasteiger partial charge on any atom is -0.317 e. The highest BCUT2D eigenvalue weighted by molar-refractivity contribution is 6.00. The van der Waals surface area contributed by atoms with E-state index in [0.29, 0.717) is 30.6 Å². The van der Waals surface area contributed by atoms with E-state index in [1.54, 1.807) is 4.90 Å². The molecule has 0 radical (unpaired) electrons. The molecule has 1 amide bonds. The summed E-state index contributed by atoms with van der Waals surface area (Å²) in [6.07, 6.45) is 8.62. The van der Waals surface area contributed by atoms with Crippen LogP contribution in [-0.2, 0) is 17.8 Å². The second kappa shape index (κ2) is 9.90. The maximum absolute atomic E-state index is 12.9.